The molecule has 0 unspecified atom stereocenters. The van der Waals surface area contributed by atoms with E-state index < -0.39 is 0 Å². The van der Waals surface area contributed by atoms with Gasteiger partial charge < -0.3 is 15.0 Å². The standard InChI is InChI=1S/C26H27FN2O/c1-17-4-11-24-23(14-17)25(27)26(22-10-9-21(30-3)15-18(22)2)29(24)16-20-7-5-19(6-8-20)12-13-28/h4-11,14-15H,12-13,16,28H2,1-3H3. The van der Waals surface area contributed by atoms with Crippen LogP contribution in [0.5, 0.6) is 5.75 Å². The lowest BCUT2D eigenvalue weighted by Crippen LogP contribution is -2.05. The zero-order chi connectivity index (χ0) is 21.3. The van der Waals surface area contributed by atoms with Crippen molar-refractivity contribution in [1.82, 2.24) is 4.57 Å². The second-order valence-corrected chi connectivity index (χ2v) is 7.81. The fourth-order valence-corrected chi connectivity index (χ4v) is 4.04. The molecule has 0 aliphatic heterocycles. The maximum atomic E-state index is 15.7. The number of hydrogen-bond donors (Lipinski definition) is 1. The molecule has 0 saturated heterocycles. The van der Waals surface area contributed by atoms with E-state index in [1.807, 2.05) is 50.2 Å². The highest BCUT2D eigenvalue weighted by atomic mass is 19.1. The molecule has 0 amide bonds. The quantitative estimate of drug-likeness (QED) is 0.454. The highest BCUT2D eigenvalue weighted by Crippen LogP contribution is 2.36. The number of halogens is 1. The van der Waals surface area contributed by atoms with Gasteiger partial charge in [0.15, 0.2) is 5.82 Å². The number of nitrogens with two attached hydrogens (primary N) is 1. The van der Waals surface area contributed by atoms with Gasteiger partial charge >= 0.3 is 0 Å². The van der Waals surface area contributed by atoms with Crippen molar-refractivity contribution in [1.29, 1.82) is 0 Å². The smallest absolute Gasteiger partial charge is 0.156 e. The average molecular weight is 403 g/mol. The molecule has 3 aromatic carbocycles. The molecule has 0 aliphatic rings. The molecule has 4 rings (SSSR count). The molecule has 3 nitrogen and oxygen atoms in total. The Morgan fingerprint density at radius 3 is 2.33 bits per heavy atom. The highest BCUT2D eigenvalue weighted by molar-refractivity contribution is 5.89. The van der Waals surface area contributed by atoms with Crippen molar-refractivity contribution in [3.8, 4) is 17.0 Å². The van der Waals surface area contributed by atoms with E-state index in [0.29, 0.717) is 24.2 Å². The highest BCUT2D eigenvalue weighted by Gasteiger charge is 2.20. The number of aryl methyl sites for hydroxylation is 2. The van der Waals surface area contributed by atoms with Crippen LogP contribution in [0.1, 0.15) is 22.3 Å². The van der Waals surface area contributed by atoms with Crippen LogP contribution in [0.25, 0.3) is 22.2 Å². The molecule has 0 spiro atoms. The number of rotatable bonds is 6. The molecule has 0 bridgehead atoms. The minimum Gasteiger partial charge on any atom is -0.497 e. The Morgan fingerprint density at radius 1 is 0.933 bits per heavy atom. The van der Waals surface area contributed by atoms with Gasteiger partial charge in [-0.2, -0.15) is 0 Å². The van der Waals surface area contributed by atoms with Crippen molar-refractivity contribution >= 4 is 10.9 Å². The Balaban J connectivity index is 1.88. The topological polar surface area (TPSA) is 40.2 Å². The van der Waals surface area contributed by atoms with Gasteiger partial charge in [0.05, 0.1) is 18.3 Å². The lowest BCUT2D eigenvalue weighted by molar-refractivity contribution is 0.414. The van der Waals surface area contributed by atoms with Gasteiger partial charge in [-0.05, 0) is 73.8 Å². The summed E-state index contributed by atoms with van der Waals surface area (Å²) in [5.41, 5.74) is 12.4. The minimum absolute atomic E-state index is 0.179. The Labute approximate surface area is 176 Å². The second kappa shape index (κ2) is 8.33. The SMILES string of the molecule is COc1ccc(-c2c(F)c3cc(C)ccc3n2Cc2ccc(CCN)cc2)c(C)c1. The first-order valence-electron chi connectivity index (χ1n) is 10.2. The van der Waals surface area contributed by atoms with Crippen LogP contribution in [0.2, 0.25) is 0 Å². The first-order chi connectivity index (χ1) is 14.5. The summed E-state index contributed by atoms with van der Waals surface area (Å²) in [5, 5.41) is 0.653. The van der Waals surface area contributed by atoms with E-state index in [9.17, 15) is 0 Å². The van der Waals surface area contributed by atoms with Gasteiger partial charge in [0.1, 0.15) is 5.75 Å². The molecule has 154 valence electrons. The lowest BCUT2D eigenvalue weighted by Gasteiger charge is -2.14. The minimum atomic E-state index is -0.179. The summed E-state index contributed by atoms with van der Waals surface area (Å²) >= 11 is 0. The normalized spacial score (nSPS) is 11.2. The predicted molar refractivity (Wildman–Crippen MR) is 122 cm³/mol. The number of ether oxygens (including phenoxy) is 1. The summed E-state index contributed by atoms with van der Waals surface area (Å²) in [4.78, 5) is 0. The Bertz CT molecular complexity index is 1190. The van der Waals surface area contributed by atoms with Crippen molar-refractivity contribution in [2.24, 2.45) is 5.73 Å². The van der Waals surface area contributed by atoms with Crippen LogP contribution >= 0.6 is 0 Å². The summed E-state index contributed by atoms with van der Waals surface area (Å²) in [6.45, 7) is 5.21. The molecule has 1 aromatic heterocycles. The maximum absolute atomic E-state index is 15.7. The summed E-state index contributed by atoms with van der Waals surface area (Å²) in [5.74, 6) is 0.590. The van der Waals surface area contributed by atoms with E-state index in [1.165, 1.54) is 5.56 Å². The van der Waals surface area contributed by atoms with Crippen LogP contribution in [-0.2, 0) is 13.0 Å². The number of aromatic nitrogens is 1. The largest absolute Gasteiger partial charge is 0.497 e. The summed E-state index contributed by atoms with van der Waals surface area (Å²) in [7, 11) is 1.64. The molecule has 1 heterocycles. The fraction of sp³-hybridized carbons (Fsp3) is 0.231. The van der Waals surface area contributed by atoms with Crippen LogP contribution in [0.15, 0.2) is 60.7 Å². The van der Waals surface area contributed by atoms with Crippen molar-refractivity contribution in [3.63, 3.8) is 0 Å². The number of fused-ring (bicyclic) bond motifs is 1. The number of nitrogens with zero attached hydrogens (tertiary/aromatic N) is 1. The zero-order valence-corrected chi connectivity index (χ0v) is 17.7. The van der Waals surface area contributed by atoms with E-state index in [1.54, 1.807) is 7.11 Å². The van der Waals surface area contributed by atoms with Crippen molar-refractivity contribution in [2.45, 2.75) is 26.8 Å². The van der Waals surface area contributed by atoms with E-state index in [4.69, 9.17) is 10.5 Å². The number of methoxy groups -OCH3 is 1. The van der Waals surface area contributed by atoms with E-state index in [2.05, 4.69) is 28.8 Å². The van der Waals surface area contributed by atoms with Gasteiger partial charge in [-0.15, -0.1) is 0 Å². The third kappa shape index (κ3) is 3.71. The van der Waals surface area contributed by atoms with Gasteiger partial charge in [0.2, 0.25) is 0 Å². The molecule has 4 aromatic rings. The van der Waals surface area contributed by atoms with Gasteiger partial charge in [-0.3, -0.25) is 0 Å². The second-order valence-electron chi connectivity index (χ2n) is 7.81. The molecular formula is C26H27FN2O. The van der Waals surface area contributed by atoms with Crippen LogP contribution in [0.4, 0.5) is 4.39 Å². The molecule has 2 N–H and O–H groups in total. The first-order valence-corrected chi connectivity index (χ1v) is 10.2. The summed E-state index contributed by atoms with van der Waals surface area (Å²) in [6, 6.07) is 20.2. The van der Waals surface area contributed by atoms with E-state index in [0.717, 1.165) is 39.9 Å². The van der Waals surface area contributed by atoms with Crippen molar-refractivity contribution in [3.05, 3.63) is 88.7 Å². The van der Waals surface area contributed by atoms with Crippen LogP contribution < -0.4 is 10.5 Å². The van der Waals surface area contributed by atoms with Crippen LogP contribution in [-0.4, -0.2) is 18.2 Å². The summed E-state index contributed by atoms with van der Waals surface area (Å²) in [6.07, 6.45) is 0.858. The maximum Gasteiger partial charge on any atom is 0.156 e. The Hall–Kier alpha value is -3.11. The first kappa shape index (κ1) is 20.2. The van der Waals surface area contributed by atoms with Gasteiger partial charge in [0.25, 0.3) is 0 Å². The Morgan fingerprint density at radius 2 is 1.67 bits per heavy atom. The third-order valence-corrected chi connectivity index (χ3v) is 5.64. The predicted octanol–water partition coefficient (Wildman–Crippen LogP) is 5.62. The molecule has 0 radical (unpaired) electrons. The monoisotopic (exact) mass is 402 g/mol. The third-order valence-electron chi connectivity index (χ3n) is 5.64. The van der Waals surface area contributed by atoms with Crippen molar-refractivity contribution in [2.75, 3.05) is 13.7 Å². The molecule has 30 heavy (non-hydrogen) atoms. The van der Waals surface area contributed by atoms with Crippen LogP contribution in [0.3, 0.4) is 0 Å². The average Bonchev–Trinajstić information content (AvgIpc) is 3.00. The van der Waals surface area contributed by atoms with E-state index in [-0.39, 0.29) is 5.82 Å². The molecular weight excluding hydrogens is 375 g/mol. The fourth-order valence-electron chi connectivity index (χ4n) is 4.04. The lowest BCUT2D eigenvalue weighted by atomic mass is 10.0. The molecule has 4 heteroatoms. The van der Waals surface area contributed by atoms with Gasteiger partial charge in [0, 0.05) is 17.5 Å². The van der Waals surface area contributed by atoms with Gasteiger partial charge in [-0.25, -0.2) is 4.39 Å². The van der Waals surface area contributed by atoms with Gasteiger partial charge in [-0.1, -0.05) is 35.9 Å². The zero-order valence-electron chi connectivity index (χ0n) is 17.7. The molecule has 0 fully saturated rings. The number of hydrogen-bond acceptors (Lipinski definition) is 2. The summed E-state index contributed by atoms with van der Waals surface area (Å²) < 4.78 is 23.1. The Kier molecular flexibility index (Phi) is 5.60. The van der Waals surface area contributed by atoms with Crippen LogP contribution in [0, 0.1) is 19.7 Å². The molecule has 0 saturated carbocycles. The number of benzene rings is 3. The van der Waals surface area contributed by atoms with Crippen molar-refractivity contribution < 1.29 is 9.13 Å². The molecule has 0 aliphatic carbocycles. The van der Waals surface area contributed by atoms with E-state index >= 15 is 4.39 Å². The molecule has 0 atom stereocenters.